The molecule has 0 aromatic carbocycles. The van der Waals surface area contributed by atoms with Gasteiger partial charge in [-0.3, -0.25) is 0 Å². The average molecular weight is 375 g/mol. The molecule has 0 radical (unpaired) electrons. The Kier molecular flexibility index (Phi) is 6.45. The maximum Gasteiger partial charge on any atom is 0.410 e. The molecule has 0 spiro atoms. The third-order valence-corrected chi connectivity index (χ3v) is 3.73. The third kappa shape index (κ3) is 5.74. The summed E-state index contributed by atoms with van der Waals surface area (Å²) < 4.78 is 10.2. The number of ether oxygens (including phenoxy) is 2. The number of hydrogen-bond donors (Lipinski definition) is 1. The van der Waals surface area contributed by atoms with Crippen molar-refractivity contribution in [1.29, 1.82) is 5.26 Å². The predicted octanol–water partition coefficient (Wildman–Crippen LogP) is 1.91. The Bertz CT molecular complexity index is 749. The van der Waals surface area contributed by atoms with E-state index in [-0.39, 0.29) is 18.4 Å². The summed E-state index contributed by atoms with van der Waals surface area (Å²) in [6.45, 7) is 9.59. The van der Waals surface area contributed by atoms with Gasteiger partial charge in [0.2, 0.25) is 5.95 Å². The molecule has 9 nitrogen and oxygen atoms in total. The number of H-pyrrole nitrogens is 1. The standard InChI is InChI=1S/C18H25N5O4/c1-5-26-15(24)7-6-13-14(12-19)21-16(20-13)22-8-10-23(11-9-22)17(25)27-18(2,3)4/h6-7H,5,8-11H2,1-4H3,(H,20,21)/b7-6+. The molecule has 1 N–H and O–H groups in total. The van der Waals surface area contributed by atoms with E-state index in [1.807, 2.05) is 31.7 Å². The quantitative estimate of drug-likeness (QED) is 0.632. The minimum atomic E-state index is -0.531. The van der Waals surface area contributed by atoms with E-state index >= 15 is 0 Å². The van der Waals surface area contributed by atoms with Gasteiger partial charge < -0.3 is 24.3 Å². The zero-order chi connectivity index (χ0) is 20.0. The van der Waals surface area contributed by atoms with Crippen LogP contribution in [0.15, 0.2) is 6.08 Å². The Morgan fingerprint density at radius 1 is 1.30 bits per heavy atom. The van der Waals surface area contributed by atoms with Crippen molar-refractivity contribution in [2.45, 2.75) is 33.3 Å². The summed E-state index contributed by atoms with van der Waals surface area (Å²) in [5.74, 6) is 0.0439. The van der Waals surface area contributed by atoms with Gasteiger partial charge in [0.25, 0.3) is 0 Å². The van der Waals surface area contributed by atoms with Gasteiger partial charge in [-0.2, -0.15) is 5.26 Å². The lowest BCUT2D eigenvalue weighted by Gasteiger charge is -2.35. The van der Waals surface area contributed by atoms with Crippen molar-refractivity contribution in [3.63, 3.8) is 0 Å². The predicted molar refractivity (Wildman–Crippen MR) is 99.0 cm³/mol. The van der Waals surface area contributed by atoms with E-state index in [0.29, 0.717) is 37.8 Å². The number of nitrogens with one attached hydrogen (secondary N) is 1. The Hall–Kier alpha value is -3.02. The van der Waals surface area contributed by atoms with Gasteiger partial charge >= 0.3 is 12.1 Å². The zero-order valence-corrected chi connectivity index (χ0v) is 16.1. The summed E-state index contributed by atoms with van der Waals surface area (Å²) in [7, 11) is 0. The molecule has 1 aromatic heterocycles. The number of nitriles is 1. The van der Waals surface area contributed by atoms with E-state index < -0.39 is 11.6 Å². The first-order chi connectivity index (χ1) is 12.7. The normalized spacial score (nSPS) is 14.9. The van der Waals surface area contributed by atoms with E-state index in [1.165, 1.54) is 12.2 Å². The van der Waals surface area contributed by atoms with Gasteiger partial charge in [0.15, 0.2) is 5.69 Å². The van der Waals surface area contributed by atoms with Crippen LogP contribution in [0.4, 0.5) is 10.7 Å². The molecular weight excluding hydrogens is 350 g/mol. The number of imidazole rings is 1. The summed E-state index contributed by atoms with van der Waals surface area (Å²) >= 11 is 0. The number of hydrogen-bond acceptors (Lipinski definition) is 7. The molecule has 1 fully saturated rings. The number of carbonyl (C=O) groups is 2. The molecule has 1 saturated heterocycles. The molecule has 0 bridgehead atoms. The van der Waals surface area contributed by atoms with Gasteiger partial charge in [-0.25, -0.2) is 14.6 Å². The van der Waals surface area contributed by atoms with Crippen molar-refractivity contribution in [1.82, 2.24) is 14.9 Å². The zero-order valence-electron chi connectivity index (χ0n) is 16.1. The number of nitrogens with zero attached hydrogens (tertiary/aromatic N) is 4. The van der Waals surface area contributed by atoms with Gasteiger partial charge in [-0.05, 0) is 33.8 Å². The summed E-state index contributed by atoms with van der Waals surface area (Å²) in [6.07, 6.45) is 2.39. The SMILES string of the molecule is CCOC(=O)/C=C/c1[nH]c(N2CCN(C(=O)OC(C)(C)C)CC2)nc1C#N. The maximum absolute atomic E-state index is 12.1. The highest BCUT2D eigenvalue weighted by atomic mass is 16.6. The molecule has 1 aliphatic heterocycles. The number of esters is 1. The number of amides is 1. The minimum absolute atomic E-state index is 0.195. The van der Waals surface area contributed by atoms with Crippen LogP contribution in [-0.4, -0.2) is 65.3 Å². The van der Waals surface area contributed by atoms with Crippen LogP contribution in [0.25, 0.3) is 6.08 Å². The highest BCUT2D eigenvalue weighted by molar-refractivity contribution is 5.87. The van der Waals surface area contributed by atoms with Crippen molar-refractivity contribution >= 4 is 24.1 Å². The van der Waals surface area contributed by atoms with Crippen molar-refractivity contribution < 1.29 is 19.1 Å². The first-order valence-corrected chi connectivity index (χ1v) is 8.81. The largest absolute Gasteiger partial charge is 0.463 e. The topological polar surface area (TPSA) is 112 Å². The van der Waals surface area contributed by atoms with E-state index in [1.54, 1.807) is 11.8 Å². The second kappa shape index (κ2) is 8.58. The number of carbonyl (C=O) groups excluding carboxylic acids is 2. The molecule has 1 amide bonds. The molecule has 9 heteroatoms. The molecule has 2 heterocycles. The number of rotatable bonds is 4. The van der Waals surface area contributed by atoms with Crippen molar-refractivity contribution in [2.24, 2.45) is 0 Å². The maximum atomic E-state index is 12.1. The molecule has 0 saturated carbocycles. The Balaban J connectivity index is 2.01. The van der Waals surface area contributed by atoms with Crippen LogP contribution in [0.1, 0.15) is 39.1 Å². The Labute approximate surface area is 158 Å². The van der Waals surface area contributed by atoms with E-state index in [0.717, 1.165) is 0 Å². The highest BCUT2D eigenvalue weighted by Gasteiger charge is 2.27. The summed E-state index contributed by atoms with van der Waals surface area (Å²) in [5.41, 5.74) is 0.104. The molecule has 0 atom stereocenters. The van der Waals surface area contributed by atoms with Gasteiger partial charge in [-0.1, -0.05) is 0 Å². The van der Waals surface area contributed by atoms with E-state index in [9.17, 15) is 14.9 Å². The molecular formula is C18H25N5O4. The monoisotopic (exact) mass is 375 g/mol. The first-order valence-electron chi connectivity index (χ1n) is 8.81. The van der Waals surface area contributed by atoms with Crippen LogP contribution in [-0.2, 0) is 14.3 Å². The fraction of sp³-hybridized carbons (Fsp3) is 0.556. The Morgan fingerprint density at radius 3 is 2.52 bits per heavy atom. The van der Waals surface area contributed by atoms with Gasteiger partial charge in [0.05, 0.1) is 12.3 Å². The lowest BCUT2D eigenvalue weighted by molar-refractivity contribution is -0.137. The minimum Gasteiger partial charge on any atom is -0.463 e. The first kappa shape index (κ1) is 20.3. The highest BCUT2D eigenvalue weighted by Crippen LogP contribution is 2.18. The second-order valence-corrected chi connectivity index (χ2v) is 6.97. The lowest BCUT2D eigenvalue weighted by atomic mass is 10.2. The van der Waals surface area contributed by atoms with Crippen LogP contribution in [0.5, 0.6) is 0 Å². The van der Waals surface area contributed by atoms with Gasteiger partial charge in [0.1, 0.15) is 11.7 Å². The number of aromatic nitrogens is 2. The number of piperazine rings is 1. The molecule has 27 heavy (non-hydrogen) atoms. The van der Waals surface area contributed by atoms with Crippen LogP contribution >= 0.6 is 0 Å². The van der Waals surface area contributed by atoms with E-state index in [4.69, 9.17) is 9.47 Å². The van der Waals surface area contributed by atoms with Gasteiger partial charge in [-0.15, -0.1) is 0 Å². The van der Waals surface area contributed by atoms with Crippen LogP contribution in [0, 0.1) is 11.3 Å². The third-order valence-electron chi connectivity index (χ3n) is 3.73. The molecule has 1 aromatic rings. The summed E-state index contributed by atoms with van der Waals surface area (Å²) in [6, 6.07) is 2.01. The van der Waals surface area contributed by atoms with E-state index in [2.05, 4.69) is 9.97 Å². The Morgan fingerprint density at radius 2 is 1.96 bits per heavy atom. The second-order valence-electron chi connectivity index (χ2n) is 6.97. The smallest absolute Gasteiger partial charge is 0.410 e. The number of aromatic amines is 1. The average Bonchev–Trinajstić information content (AvgIpc) is 3.02. The summed E-state index contributed by atoms with van der Waals surface area (Å²) in [5, 5.41) is 9.25. The molecule has 0 unspecified atom stereocenters. The van der Waals surface area contributed by atoms with Crippen molar-refractivity contribution in [3.8, 4) is 6.07 Å². The fourth-order valence-electron chi connectivity index (χ4n) is 2.50. The van der Waals surface area contributed by atoms with Gasteiger partial charge in [0, 0.05) is 32.3 Å². The van der Waals surface area contributed by atoms with Crippen molar-refractivity contribution in [2.75, 3.05) is 37.7 Å². The molecule has 1 aliphatic rings. The van der Waals surface area contributed by atoms with Crippen LogP contribution < -0.4 is 4.90 Å². The molecule has 0 aliphatic carbocycles. The van der Waals surface area contributed by atoms with Crippen molar-refractivity contribution in [3.05, 3.63) is 17.5 Å². The number of anilines is 1. The molecule has 146 valence electrons. The lowest BCUT2D eigenvalue weighted by Crippen LogP contribution is -2.50. The summed E-state index contributed by atoms with van der Waals surface area (Å²) in [4.78, 5) is 34.5. The van der Waals surface area contributed by atoms with Crippen LogP contribution in [0.3, 0.4) is 0 Å². The molecule has 2 rings (SSSR count). The van der Waals surface area contributed by atoms with Crippen LogP contribution in [0.2, 0.25) is 0 Å². The fourth-order valence-corrected chi connectivity index (χ4v) is 2.50.